The van der Waals surface area contributed by atoms with Crippen LogP contribution in [0.1, 0.15) is 48.5 Å². The second kappa shape index (κ2) is 15.2. The molecule has 1 atom stereocenters. The lowest BCUT2D eigenvalue weighted by atomic mass is 9.99. The van der Waals surface area contributed by atoms with Crippen LogP contribution in [-0.4, -0.2) is 63.0 Å². The fraction of sp³-hybridized carbons (Fsp3) is 0.481. The minimum atomic E-state index is -0.559. The number of carbonyl (C=O) groups is 2. The highest BCUT2D eigenvalue weighted by Gasteiger charge is 2.21. The summed E-state index contributed by atoms with van der Waals surface area (Å²) in [4.78, 5) is 27.8. The predicted molar refractivity (Wildman–Crippen MR) is 134 cm³/mol. The van der Waals surface area contributed by atoms with Gasteiger partial charge in [0, 0.05) is 18.5 Å². The molecule has 2 N–H and O–H groups in total. The largest absolute Gasteiger partial charge is 0.494 e. The number of rotatable bonds is 16. The van der Waals surface area contributed by atoms with E-state index in [-0.39, 0.29) is 11.7 Å². The zero-order chi connectivity index (χ0) is 23.9. The summed E-state index contributed by atoms with van der Waals surface area (Å²) in [6.45, 7) is 5.52. The van der Waals surface area contributed by atoms with E-state index in [1.807, 2.05) is 56.6 Å². The molecule has 33 heavy (non-hydrogen) atoms. The molecule has 0 aliphatic carbocycles. The Morgan fingerprint density at radius 1 is 0.970 bits per heavy atom. The number of benzene rings is 2. The highest BCUT2D eigenvalue weighted by Crippen LogP contribution is 2.15. The molecule has 0 radical (unpaired) electrons. The van der Waals surface area contributed by atoms with Crippen LogP contribution in [0.25, 0.3) is 0 Å². The van der Waals surface area contributed by atoms with Crippen LogP contribution in [0.2, 0.25) is 0 Å². The van der Waals surface area contributed by atoms with Gasteiger partial charge in [-0.05, 0) is 82.7 Å². The maximum Gasteiger partial charge on any atom is 0.251 e. The molecule has 2 rings (SSSR count). The fourth-order valence-electron chi connectivity index (χ4n) is 3.47. The lowest BCUT2D eigenvalue weighted by molar-refractivity contribution is -0.121. The first kappa shape index (κ1) is 26.6. The summed E-state index contributed by atoms with van der Waals surface area (Å²) in [5.41, 5.74) is 1.55. The SMILES string of the molecule is CCCNCCCC(=O)C(Cc1ccc(OCCCN(C)C)cc1)NC(=O)c1ccccc1. The van der Waals surface area contributed by atoms with Crippen LogP contribution >= 0.6 is 0 Å². The first-order valence-electron chi connectivity index (χ1n) is 12.0. The van der Waals surface area contributed by atoms with E-state index in [0.29, 0.717) is 25.0 Å². The van der Waals surface area contributed by atoms with Crippen molar-refractivity contribution < 1.29 is 14.3 Å². The average molecular weight is 454 g/mol. The van der Waals surface area contributed by atoms with Gasteiger partial charge in [0.2, 0.25) is 0 Å². The van der Waals surface area contributed by atoms with Crippen molar-refractivity contribution in [2.45, 2.75) is 45.1 Å². The van der Waals surface area contributed by atoms with Crippen LogP contribution < -0.4 is 15.4 Å². The average Bonchev–Trinajstić information content (AvgIpc) is 2.82. The molecule has 0 spiro atoms. The number of hydrogen-bond acceptors (Lipinski definition) is 5. The Morgan fingerprint density at radius 3 is 2.36 bits per heavy atom. The van der Waals surface area contributed by atoms with Crippen molar-refractivity contribution in [2.24, 2.45) is 0 Å². The van der Waals surface area contributed by atoms with E-state index in [1.165, 1.54) is 0 Å². The summed E-state index contributed by atoms with van der Waals surface area (Å²) in [7, 11) is 4.09. The molecule has 2 aromatic rings. The molecule has 0 fully saturated rings. The van der Waals surface area contributed by atoms with Gasteiger partial charge in [0.25, 0.3) is 5.91 Å². The third kappa shape index (κ3) is 10.6. The molecule has 0 aliphatic rings. The molecular weight excluding hydrogens is 414 g/mol. The molecule has 0 aromatic heterocycles. The number of nitrogens with one attached hydrogen (secondary N) is 2. The van der Waals surface area contributed by atoms with Gasteiger partial charge in [-0.15, -0.1) is 0 Å². The molecule has 180 valence electrons. The van der Waals surface area contributed by atoms with Gasteiger partial charge in [0.05, 0.1) is 12.6 Å². The number of Topliss-reactive ketones (excluding diaryl/α,β-unsaturated/α-hetero) is 1. The molecule has 1 unspecified atom stereocenters. The van der Waals surface area contributed by atoms with Crippen molar-refractivity contribution >= 4 is 11.7 Å². The highest BCUT2D eigenvalue weighted by molar-refractivity contribution is 5.98. The zero-order valence-electron chi connectivity index (χ0n) is 20.3. The third-order valence-electron chi connectivity index (χ3n) is 5.32. The third-order valence-corrected chi connectivity index (χ3v) is 5.32. The number of hydrogen-bond donors (Lipinski definition) is 2. The van der Waals surface area contributed by atoms with Crippen molar-refractivity contribution in [3.63, 3.8) is 0 Å². The van der Waals surface area contributed by atoms with E-state index in [9.17, 15) is 9.59 Å². The molecule has 0 saturated carbocycles. The van der Waals surface area contributed by atoms with Gasteiger partial charge < -0.3 is 20.3 Å². The van der Waals surface area contributed by atoms with Crippen molar-refractivity contribution in [1.82, 2.24) is 15.5 Å². The number of ketones is 1. The monoisotopic (exact) mass is 453 g/mol. The summed E-state index contributed by atoms with van der Waals surface area (Å²) in [6, 6.07) is 16.3. The van der Waals surface area contributed by atoms with E-state index < -0.39 is 6.04 Å². The maximum atomic E-state index is 13.0. The summed E-state index contributed by atoms with van der Waals surface area (Å²) in [5.74, 6) is 0.649. The van der Waals surface area contributed by atoms with Gasteiger partial charge in [0.1, 0.15) is 5.75 Å². The maximum absolute atomic E-state index is 13.0. The quantitative estimate of drug-likeness (QED) is 0.379. The van der Waals surface area contributed by atoms with E-state index in [1.54, 1.807) is 12.1 Å². The second-order valence-electron chi connectivity index (χ2n) is 8.57. The van der Waals surface area contributed by atoms with Crippen molar-refractivity contribution in [2.75, 3.05) is 40.3 Å². The Morgan fingerprint density at radius 2 is 1.70 bits per heavy atom. The zero-order valence-corrected chi connectivity index (χ0v) is 20.3. The Kier molecular flexibility index (Phi) is 12.2. The summed E-state index contributed by atoms with van der Waals surface area (Å²) in [5, 5.41) is 6.28. The molecule has 6 nitrogen and oxygen atoms in total. The Hall–Kier alpha value is -2.70. The van der Waals surface area contributed by atoms with Crippen LogP contribution in [0.4, 0.5) is 0 Å². The van der Waals surface area contributed by atoms with Crippen molar-refractivity contribution in [3.8, 4) is 5.75 Å². The molecule has 2 aromatic carbocycles. The highest BCUT2D eigenvalue weighted by atomic mass is 16.5. The van der Waals surface area contributed by atoms with Gasteiger partial charge in [-0.2, -0.15) is 0 Å². The first-order valence-corrected chi connectivity index (χ1v) is 12.0. The van der Waals surface area contributed by atoms with E-state index >= 15 is 0 Å². The topological polar surface area (TPSA) is 70.7 Å². The normalized spacial score (nSPS) is 11.9. The Labute approximate surface area is 198 Å². The number of ether oxygens (including phenoxy) is 1. The molecule has 0 bridgehead atoms. The summed E-state index contributed by atoms with van der Waals surface area (Å²) < 4.78 is 5.80. The standard InChI is InChI=1S/C27H39N3O3/c1-4-17-28-18-8-12-26(31)25(29-27(32)23-10-6-5-7-11-23)21-22-13-15-24(16-14-22)33-20-9-19-30(2)3/h5-7,10-11,13-16,25,28H,4,8-9,12,17-21H2,1-3H3,(H,29,32). The van der Waals surface area contributed by atoms with Crippen LogP contribution in [-0.2, 0) is 11.2 Å². The summed E-state index contributed by atoms with van der Waals surface area (Å²) >= 11 is 0. The van der Waals surface area contributed by atoms with E-state index in [4.69, 9.17) is 4.74 Å². The van der Waals surface area contributed by atoms with Gasteiger partial charge in [-0.1, -0.05) is 37.3 Å². The minimum absolute atomic E-state index is 0.0570. The lowest BCUT2D eigenvalue weighted by Gasteiger charge is -2.18. The number of nitrogens with zero attached hydrogens (tertiary/aromatic N) is 1. The Bertz CT molecular complexity index is 822. The smallest absolute Gasteiger partial charge is 0.251 e. The van der Waals surface area contributed by atoms with Gasteiger partial charge in [0.15, 0.2) is 5.78 Å². The number of carbonyl (C=O) groups excluding carboxylic acids is 2. The molecule has 1 amide bonds. The van der Waals surface area contributed by atoms with Crippen LogP contribution in [0.15, 0.2) is 54.6 Å². The molecule has 0 heterocycles. The molecule has 0 saturated heterocycles. The van der Waals surface area contributed by atoms with Gasteiger partial charge in [-0.25, -0.2) is 0 Å². The minimum Gasteiger partial charge on any atom is -0.494 e. The van der Waals surface area contributed by atoms with Crippen LogP contribution in [0.5, 0.6) is 5.75 Å². The summed E-state index contributed by atoms with van der Waals surface area (Å²) in [6.07, 6.45) is 3.68. The van der Waals surface area contributed by atoms with E-state index in [0.717, 1.165) is 50.2 Å². The van der Waals surface area contributed by atoms with Gasteiger partial charge in [-0.3, -0.25) is 9.59 Å². The first-order chi connectivity index (χ1) is 16.0. The van der Waals surface area contributed by atoms with Crippen LogP contribution in [0.3, 0.4) is 0 Å². The fourth-order valence-corrected chi connectivity index (χ4v) is 3.47. The van der Waals surface area contributed by atoms with E-state index in [2.05, 4.69) is 22.5 Å². The predicted octanol–water partition coefficient (Wildman–Crippen LogP) is 3.71. The number of amides is 1. The van der Waals surface area contributed by atoms with Crippen molar-refractivity contribution in [1.29, 1.82) is 0 Å². The molecule has 6 heteroatoms. The lowest BCUT2D eigenvalue weighted by Crippen LogP contribution is -2.42. The van der Waals surface area contributed by atoms with Crippen molar-refractivity contribution in [3.05, 3.63) is 65.7 Å². The molecular formula is C27H39N3O3. The van der Waals surface area contributed by atoms with Gasteiger partial charge >= 0.3 is 0 Å². The molecule has 0 aliphatic heterocycles. The Balaban J connectivity index is 1.97. The second-order valence-corrected chi connectivity index (χ2v) is 8.57. The van der Waals surface area contributed by atoms with Crippen LogP contribution in [0, 0.1) is 0 Å².